The van der Waals surface area contributed by atoms with E-state index in [0.29, 0.717) is 19.7 Å². The van der Waals surface area contributed by atoms with Crippen LogP contribution in [-0.2, 0) is 14.3 Å². The van der Waals surface area contributed by atoms with Gasteiger partial charge in [0.15, 0.2) is 0 Å². The summed E-state index contributed by atoms with van der Waals surface area (Å²) >= 11 is 0. The third-order valence-electron chi connectivity index (χ3n) is 3.36. The van der Waals surface area contributed by atoms with Gasteiger partial charge < -0.3 is 20.7 Å². The van der Waals surface area contributed by atoms with Crippen molar-refractivity contribution in [3.63, 3.8) is 0 Å². The van der Waals surface area contributed by atoms with Gasteiger partial charge in [-0.1, -0.05) is 0 Å². The van der Waals surface area contributed by atoms with Crippen LogP contribution in [0.4, 0.5) is 0 Å². The molecule has 0 aromatic carbocycles. The fourth-order valence-electron chi connectivity index (χ4n) is 2.16. The molecule has 2 atom stereocenters. The van der Waals surface area contributed by atoms with E-state index in [4.69, 9.17) is 10.5 Å². The molecule has 0 radical (unpaired) electrons. The summed E-state index contributed by atoms with van der Waals surface area (Å²) in [6, 6.07) is 0.178. The van der Waals surface area contributed by atoms with Crippen LogP contribution >= 0.6 is 12.4 Å². The fraction of sp³-hybridized carbons (Fsp3) is 0.833. The minimum atomic E-state index is -0.313. The lowest BCUT2D eigenvalue weighted by molar-refractivity contribution is -0.136. The molecule has 1 aliphatic heterocycles. The summed E-state index contributed by atoms with van der Waals surface area (Å²) in [5.41, 5.74) is 5.31. The van der Waals surface area contributed by atoms with Crippen LogP contribution in [0.5, 0.6) is 0 Å². The van der Waals surface area contributed by atoms with Gasteiger partial charge in [-0.3, -0.25) is 9.59 Å². The number of methoxy groups -OCH3 is 1. The standard InChI is InChI=1S/C12H23N3O3.ClH/c1-9-3-4-10(12(13)17)8-15(9)11(16)7-14-5-6-18-2;/h9-10,14H,3-8H2,1-2H3,(H2,13,17);1H. The Bertz CT molecular complexity index is 302. The smallest absolute Gasteiger partial charge is 0.236 e. The quantitative estimate of drug-likeness (QED) is 0.662. The Hall–Kier alpha value is -0.850. The number of halogens is 1. The zero-order chi connectivity index (χ0) is 13.5. The maximum Gasteiger partial charge on any atom is 0.236 e. The van der Waals surface area contributed by atoms with Crippen molar-refractivity contribution in [2.45, 2.75) is 25.8 Å². The number of ether oxygens (including phenoxy) is 1. The molecule has 1 heterocycles. The summed E-state index contributed by atoms with van der Waals surface area (Å²) in [5.74, 6) is -0.499. The molecule has 0 spiro atoms. The molecule has 2 unspecified atom stereocenters. The van der Waals surface area contributed by atoms with E-state index >= 15 is 0 Å². The first-order valence-electron chi connectivity index (χ1n) is 6.34. The Balaban J connectivity index is 0.00000324. The Labute approximate surface area is 120 Å². The highest BCUT2D eigenvalue weighted by atomic mass is 35.5. The van der Waals surface area contributed by atoms with E-state index in [9.17, 15) is 9.59 Å². The normalized spacial score (nSPS) is 22.7. The van der Waals surface area contributed by atoms with Crippen LogP contribution in [0.25, 0.3) is 0 Å². The van der Waals surface area contributed by atoms with Crippen molar-refractivity contribution >= 4 is 24.2 Å². The number of carbonyl (C=O) groups excluding carboxylic acids is 2. The summed E-state index contributed by atoms with van der Waals surface area (Å²) in [6.07, 6.45) is 1.61. The van der Waals surface area contributed by atoms with Gasteiger partial charge in [-0.05, 0) is 19.8 Å². The second-order valence-electron chi connectivity index (χ2n) is 4.74. The second kappa shape index (κ2) is 9.12. The predicted octanol–water partition coefficient (Wildman–Crippen LogP) is -0.243. The number of primary amides is 1. The zero-order valence-electron chi connectivity index (χ0n) is 11.6. The summed E-state index contributed by atoms with van der Waals surface area (Å²) in [7, 11) is 1.62. The summed E-state index contributed by atoms with van der Waals surface area (Å²) in [5, 5.41) is 3.02. The van der Waals surface area contributed by atoms with Gasteiger partial charge in [0.1, 0.15) is 0 Å². The van der Waals surface area contributed by atoms with Crippen molar-refractivity contribution in [2.75, 3.05) is 33.4 Å². The number of amides is 2. The van der Waals surface area contributed by atoms with Crippen LogP contribution in [0, 0.1) is 5.92 Å². The molecule has 0 aromatic heterocycles. The van der Waals surface area contributed by atoms with E-state index < -0.39 is 0 Å². The number of nitrogens with one attached hydrogen (secondary N) is 1. The average Bonchev–Trinajstić information content (AvgIpc) is 2.34. The second-order valence-corrected chi connectivity index (χ2v) is 4.74. The van der Waals surface area contributed by atoms with Crippen molar-refractivity contribution < 1.29 is 14.3 Å². The highest BCUT2D eigenvalue weighted by Gasteiger charge is 2.31. The van der Waals surface area contributed by atoms with Crippen molar-refractivity contribution in [1.82, 2.24) is 10.2 Å². The first-order chi connectivity index (χ1) is 8.56. The molecule has 112 valence electrons. The van der Waals surface area contributed by atoms with E-state index in [2.05, 4.69) is 5.32 Å². The van der Waals surface area contributed by atoms with Gasteiger partial charge in [0, 0.05) is 26.2 Å². The maximum atomic E-state index is 12.0. The average molecular weight is 294 g/mol. The third kappa shape index (κ3) is 5.76. The van der Waals surface area contributed by atoms with Gasteiger partial charge >= 0.3 is 0 Å². The minimum Gasteiger partial charge on any atom is -0.383 e. The number of hydrogen-bond donors (Lipinski definition) is 2. The number of rotatable bonds is 6. The molecule has 6 nitrogen and oxygen atoms in total. The summed E-state index contributed by atoms with van der Waals surface area (Å²) in [6.45, 7) is 3.95. The molecule has 1 saturated heterocycles. The minimum absolute atomic E-state index is 0. The third-order valence-corrected chi connectivity index (χ3v) is 3.36. The van der Waals surface area contributed by atoms with Crippen LogP contribution in [0.2, 0.25) is 0 Å². The molecule has 1 fully saturated rings. The lowest BCUT2D eigenvalue weighted by atomic mass is 9.93. The maximum absolute atomic E-state index is 12.0. The molecule has 0 saturated carbocycles. The Morgan fingerprint density at radius 3 is 2.68 bits per heavy atom. The number of nitrogens with zero attached hydrogens (tertiary/aromatic N) is 1. The molecule has 1 aliphatic rings. The topological polar surface area (TPSA) is 84.7 Å². The van der Waals surface area contributed by atoms with Crippen molar-refractivity contribution in [3.05, 3.63) is 0 Å². The lowest BCUT2D eigenvalue weighted by Gasteiger charge is -2.37. The van der Waals surface area contributed by atoms with Gasteiger partial charge in [0.05, 0.1) is 19.1 Å². The molecule has 0 aromatic rings. The number of hydrogen-bond acceptors (Lipinski definition) is 4. The molecular formula is C12H24ClN3O3. The first-order valence-corrected chi connectivity index (χ1v) is 6.34. The summed E-state index contributed by atoms with van der Waals surface area (Å²) in [4.78, 5) is 24.9. The van der Waals surface area contributed by atoms with Crippen LogP contribution in [0.1, 0.15) is 19.8 Å². The largest absolute Gasteiger partial charge is 0.383 e. The number of nitrogens with two attached hydrogens (primary N) is 1. The molecule has 0 aliphatic carbocycles. The molecule has 1 rings (SSSR count). The van der Waals surface area contributed by atoms with Crippen molar-refractivity contribution in [3.8, 4) is 0 Å². The SMILES string of the molecule is COCCNCC(=O)N1CC(C(N)=O)CCC1C.Cl. The highest BCUT2D eigenvalue weighted by Crippen LogP contribution is 2.21. The molecule has 0 bridgehead atoms. The van der Waals surface area contributed by atoms with Crippen molar-refractivity contribution in [1.29, 1.82) is 0 Å². The fourth-order valence-corrected chi connectivity index (χ4v) is 2.16. The van der Waals surface area contributed by atoms with E-state index in [1.54, 1.807) is 12.0 Å². The van der Waals surface area contributed by atoms with Gasteiger partial charge in [-0.2, -0.15) is 0 Å². The molecule has 2 amide bonds. The lowest BCUT2D eigenvalue weighted by Crippen LogP contribution is -2.51. The van der Waals surface area contributed by atoms with Crippen molar-refractivity contribution in [2.24, 2.45) is 11.7 Å². The Morgan fingerprint density at radius 1 is 1.42 bits per heavy atom. The Kier molecular flexibility index (Phi) is 8.71. The number of piperidine rings is 1. The van der Waals surface area contributed by atoms with Gasteiger partial charge in [-0.25, -0.2) is 0 Å². The predicted molar refractivity (Wildman–Crippen MR) is 75.1 cm³/mol. The van der Waals surface area contributed by atoms with E-state index in [1.807, 2.05) is 6.92 Å². The highest BCUT2D eigenvalue weighted by molar-refractivity contribution is 5.85. The Morgan fingerprint density at radius 2 is 2.11 bits per heavy atom. The van der Waals surface area contributed by atoms with Gasteiger partial charge in [0.2, 0.25) is 11.8 Å². The van der Waals surface area contributed by atoms with Crippen LogP contribution in [-0.4, -0.2) is 56.1 Å². The van der Waals surface area contributed by atoms with E-state index in [1.165, 1.54) is 0 Å². The van der Waals surface area contributed by atoms with Crippen LogP contribution < -0.4 is 11.1 Å². The monoisotopic (exact) mass is 293 g/mol. The zero-order valence-corrected chi connectivity index (χ0v) is 12.4. The molecule has 3 N–H and O–H groups in total. The van der Waals surface area contributed by atoms with Crippen LogP contribution in [0.15, 0.2) is 0 Å². The van der Waals surface area contributed by atoms with Gasteiger partial charge in [0.25, 0.3) is 0 Å². The molecular weight excluding hydrogens is 270 g/mol. The van der Waals surface area contributed by atoms with E-state index in [-0.39, 0.29) is 42.7 Å². The first kappa shape index (κ1) is 18.1. The van der Waals surface area contributed by atoms with Gasteiger partial charge in [-0.15, -0.1) is 12.4 Å². The van der Waals surface area contributed by atoms with Crippen LogP contribution in [0.3, 0.4) is 0 Å². The summed E-state index contributed by atoms with van der Waals surface area (Å²) < 4.78 is 4.89. The molecule has 19 heavy (non-hydrogen) atoms. The number of carbonyl (C=O) groups is 2. The van der Waals surface area contributed by atoms with E-state index in [0.717, 1.165) is 12.8 Å². The number of likely N-dealkylation sites (tertiary alicyclic amines) is 1. The molecule has 7 heteroatoms.